The van der Waals surface area contributed by atoms with E-state index in [0.717, 1.165) is 39.6 Å². The Balaban J connectivity index is 1.13. The van der Waals surface area contributed by atoms with Crippen molar-refractivity contribution in [2.45, 2.75) is 38.5 Å². The summed E-state index contributed by atoms with van der Waals surface area (Å²) in [7, 11) is 0. The second kappa shape index (κ2) is 14.2. The minimum Gasteiger partial charge on any atom is -0.310 e. The Morgan fingerprint density at radius 1 is 0.295 bits per heavy atom. The van der Waals surface area contributed by atoms with Gasteiger partial charge in [0.05, 0.1) is 17.1 Å². The van der Waals surface area contributed by atoms with Crippen LogP contribution in [0.25, 0.3) is 67.0 Å². The van der Waals surface area contributed by atoms with Gasteiger partial charge in [-0.05, 0) is 103 Å². The van der Waals surface area contributed by atoms with E-state index in [4.69, 9.17) is 4.98 Å². The molecule has 2 aliphatic rings. The van der Waals surface area contributed by atoms with Crippen LogP contribution >= 0.6 is 0 Å². The van der Waals surface area contributed by atoms with Crippen LogP contribution in [-0.2, 0) is 10.8 Å². The second-order valence-corrected chi connectivity index (χ2v) is 17.6. The van der Waals surface area contributed by atoms with Crippen LogP contribution in [0.2, 0.25) is 0 Å². The minimum atomic E-state index is -0.0903. The van der Waals surface area contributed by atoms with Gasteiger partial charge in [-0.1, -0.05) is 198 Å². The summed E-state index contributed by atoms with van der Waals surface area (Å²) in [5, 5.41) is 0. The van der Waals surface area contributed by atoms with E-state index in [2.05, 4.69) is 239 Å². The first-order chi connectivity index (χ1) is 29.7. The van der Waals surface area contributed by atoms with Crippen LogP contribution in [0.5, 0.6) is 0 Å². The fraction of sp³-hybridized carbons (Fsp3) is 0.102. The van der Waals surface area contributed by atoms with Gasteiger partial charge in [0, 0.05) is 33.3 Å². The van der Waals surface area contributed by atoms with Gasteiger partial charge in [-0.2, -0.15) is 0 Å². The highest BCUT2D eigenvalue weighted by Crippen LogP contribution is 2.53. The van der Waals surface area contributed by atoms with E-state index in [1.165, 1.54) is 66.8 Å². The fourth-order valence-corrected chi connectivity index (χ4v) is 10.0. The van der Waals surface area contributed by atoms with E-state index >= 15 is 0 Å². The third kappa shape index (κ3) is 6.13. The molecule has 0 radical (unpaired) electrons. The Kier molecular flexibility index (Phi) is 8.54. The van der Waals surface area contributed by atoms with Gasteiger partial charge < -0.3 is 4.90 Å². The number of aromatic nitrogens is 1. The predicted molar refractivity (Wildman–Crippen MR) is 256 cm³/mol. The molecule has 0 spiro atoms. The van der Waals surface area contributed by atoms with E-state index in [-0.39, 0.29) is 10.8 Å². The van der Waals surface area contributed by atoms with E-state index in [9.17, 15) is 0 Å². The number of nitrogens with zero attached hydrogens (tertiary/aromatic N) is 2. The molecule has 0 fully saturated rings. The Morgan fingerprint density at radius 2 is 0.639 bits per heavy atom. The first kappa shape index (κ1) is 36.8. The molecule has 0 bridgehead atoms. The molecule has 9 aromatic rings. The van der Waals surface area contributed by atoms with Crippen molar-refractivity contribution in [1.29, 1.82) is 0 Å². The van der Waals surface area contributed by atoms with Crippen molar-refractivity contribution in [2.75, 3.05) is 4.90 Å². The molecule has 0 saturated heterocycles. The van der Waals surface area contributed by atoms with E-state index < -0.39 is 0 Å². The normalized spacial score (nSPS) is 13.8. The van der Waals surface area contributed by atoms with Crippen molar-refractivity contribution in [1.82, 2.24) is 4.98 Å². The number of benzene rings is 8. The fourth-order valence-electron chi connectivity index (χ4n) is 10.0. The minimum absolute atomic E-state index is 0.0903. The van der Waals surface area contributed by atoms with E-state index in [1.54, 1.807) is 0 Å². The van der Waals surface area contributed by atoms with Crippen molar-refractivity contribution in [3.8, 4) is 67.0 Å². The number of hydrogen-bond acceptors (Lipinski definition) is 2. The average molecular weight is 783 g/mol. The summed E-state index contributed by atoms with van der Waals surface area (Å²) < 4.78 is 0. The van der Waals surface area contributed by atoms with Crippen LogP contribution in [-0.4, -0.2) is 4.98 Å². The molecule has 1 aromatic heterocycles. The largest absolute Gasteiger partial charge is 0.310 e. The molecule has 1 heterocycles. The van der Waals surface area contributed by atoms with Crippen LogP contribution < -0.4 is 4.90 Å². The van der Waals surface area contributed by atoms with Crippen molar-refractivity contribution in [2.24, 2.45) is 0 Å². The second-order valence-electron chi connectivity index (χ2n) is 17.6. The third-order valence-electron chi connectivity index (χ3n) is 13.3. The molecule has 61 heavy (non-hydrogen) atoms. The van der Waals surface area contributed by atoms with Gasteiger partial charge in [-0.15, -0.1) is 0 Å². The SMILES string of the molecule is CC1(C)c2ccccc2-c2cc(N(c3cc(-c4ccc(-c5ccccc5)cc4)nc(-c4ccc(-c5ccccc5)cc4)c3)c3ccc4c(c3)-c3ccccc3C4(C)C)ccc21. The summed E-state index contributed by atoms with van der Waals surface area (Å²) in [6, 6.07) is 75.4. The summed E-state index contributed by atoms with van der Waals surface area (Å²) >= 11 is 0. The highest BCUT2D eigenvalue weighted by molar-refractivity contribution is 5.91. The maximum atomic E-state index is 5.44. The number of hydrogen-bond donors (Lipinski definition) is 0. The molecule has 292 valence electrons. The van der Waals surface area contributed by atoms with Gasteiger partial charge in [0.15, 0.2) is 0 Å². The molecule has 2 nitrogen and oxygen atoms in total. The molecule has 0 atom stereocenters. The summed E-state index contributed by atoms with van der Waals surface area (Å²) in [6.07, 6.45) is 0. The Bertz CT molecular complexity index is 2900. The average Bonchev–Trinajstić information content (AvgIpc) is 3.68. The van der Waals surface area contributed by atoms with Crippen LogP contribution in [0.3, 0.4) is 0 Å². The number of pyridine rings is 1. The zero-order valence-corrected chi connectivity index (χ0v) is 35.0. The quantitative estimate of drug-likeness (QED) is 0.160. The lowest BCUT2D eigenvalue weighted by atomic mass is 9.82. The molecule has 0 unspecified atom stereocenters. The molecule has 11 rings (SSSR count). The highest BCUT2D eigenvalue weighted by Gasteiger charge is 2.37. The number of rotatable bonds is 7. The molecular formula is C59H46N2. The van der Waals surface area contributed by atoms with Crippen molar-refractivity contribution >= 4 is 17.1 Å². The van der Waals surface area contributed by atoms with Crippen LogP contribution in [0, 0.1) is 0 Å². The van der Waals surface area contributed by atoms with Crippen molar-refractivity contribution < 1.29 is 0 Å². The van der Waals surface area contributed by atoms with Gasteiger partial charge in [0.2, 0.25) is 0 Å². The number of fused-ring (bicyclic) bond motifs is 6. The first-order valence-electron chi connectivity index (χ1n) is 21.4. The molecule has 0 saturated carbocycles. The molecule has 2 heteroatoms. The number of anilines is 3. The lowest BCUT2D eigenvalue weighted by molar-refractivity contribution is 0.660. The molecule has 0 aliphatic heterocycles. The summed E-state index contributed by atoms with van der Waals surface area (Å²) in [5.41, 5.74) is 22.5. The van der Waals surface area contributed by atoms with Crippen LogP contribution in [0.15, 0.2) is 206 Å². The Morgan fingerprint density at radius 3 is 1.07 bits per heavy atom. The van der Waals surface area contributed by atoms with Crippen LogP contribution in [0.4, 0.5) is 17.1 Å². The maximum absolute atomic E-state index is 5.44. The van der Waals surface area contributed by atoms with Gasteiger partial charge in [-0.3, -0.25) is 0 Å². The Labute approximate surface area is 359 Å². The summed E-state index contributed by atoms with van der Waals surface area (Å²) in [6.45, 7) is 9.40. The lowest BCUT2D eigenvalue weighted by Gasteiger charge is -2.29. The van der Waals surface area contributed by atoms with Gasteiger partial charge >= 0.3 is 0 Å². The van der Waals surface area contributed by atoms with Gasteiger partial charge in [-0.25, -0.2) is 4.98 Å². The lowest BCUT2D eigenvalue weighted by Crippen LogP contribution is -2.16. The van der Waals surface area contributed by atoms with E-state index in [0.29, 0.717) is 0 Å². The van der Waals surface area contributed by atoms with Crippen molar-refractivity contribution in [3.05, 3.63) is 229 Å². The molecule has 8 aromatic carbocycles. The zero-order chi connectivity index (χ0) is 41.3. The van der Waals surface area contributed by atoms with E-state index in [1.807, 2.05) is 0 Å². The smallest absolute Gasteiger partial charge is 0.0730 e. The summed E-state index contributed by atoms with van der Waals surface area (Å²) in [4.78, 5) is 7.89. The predicted octanol–water partition coefficient (Wildman–Crippen LogP) is 15.8. The maximum Gasteiger partial charge on any atom is 0.0730 e. The van der Waals surface area contributed by atoms with Crippen LogP contribution in [0.1, 0.15) is 49.9 Å². The molecule has 0 amide bonds. The molecular weight excluding hydrogens is 737 g/mol. The monoisotopic (exact) mass is 782 g/mol. The van der Waals surface area contributed by atoms with Crippen molar-refractivity contribution in [3.63, 3.8) is 0 Å². The summed E-state index contributed by atoms with van der Waals surface area (Å²) in [5.74, 6) is 0. The standard InChI is InChI=1S/C59H46N2/c1-58(2)52-21-13-11-19-48(52)50-35-45(31-33-54(50)58)61(46-32-34-55-51(36-46)49-20-12-14-22-53(49)59(55,3)4)47-37-56(43-27-23-41(24-28-43)39-15-7-5-8-16-39)60-57(38-47)44-29-25-42(26-30-44)40-17-9-6-10-18-40/h5-38H,1-4H3. The zero-order valence-electron chi connectivity index (χ0n) is 35.0. The molecule has 2 aliphatic carbocycles. The molecule has 0 N–H and O–H groups in total. The first-order valence-corrected chi connectivity index (χ1v) is 21.4. The Hall–Kier alpha value is -7.29. The van der Waals surface area contributed by atoms with Gasteiger partial charge in [0.1, 0.15) is 0 Å². The topological polar surface area (TPSA) is 16.1 Å². The third-order valence-corrected chi connectivity index (χ3v) is 13.3. The highest BCUT2D eigenvalue weighted by atomic mass is 15.1. The van der Waals surface area contributed by atoms with Gasteiger partial charge in [0.25, 0.3) is 0 Å².